The van der Waals surface area contributed by atoms with Crippen LogP contribution in [0.5, 0.6) is 0 Å². The predicted octanol–water partition coefficient (Wildman–Crippen LogP) is 3.63. The van der Waals surface area contributed by atoms with E-state index in [9.17, 15) is 9.18 Å². The molecule has 2 aromatic carbocycles. The molecule has 3 nitrogen and oxygen atoms in total. The Bertz CT molecular complexity index is 759. The number of para-hydroxylation sites is 1. The van der Waals surface area contributed by atoms with Crippen molar-refractivity contribution in [1.82, 2.24) is 4.90 Å². The van der Waals surface area contributed by atoms with Gasteiger partial charge in [-0.3, -0.25) is 9.69 Å². The molecule has 0 aliphatic carbocycles. The molecule has 1 saturated heterocycles. The molecule has 0 radical (unpaired) electrons. The van der Waals surface area contributed by atoms with Crippen LogP contribution in [0.15, 0.2) is 48.5 Å². The molecule has 2 heterocycles. The van der Waals surface area contributed by atoms with E-state index in [1.807, 2.05) is 29.2 Å². The van der Waals surface area contributed by atoms with Crippen molar-refractivity contribution in [3.05, 3.63) is 65.5 Å². The van der Waals surface area contributed by atoms with Crippen molar-refractivity contribution in [1.29, 1.82) is 0 Å². The van der Waals surface area contributed by atoms with Gasteiger partial charge in [0.1, 0.15) is 5.82 Å². The number of amides is 1. The van der Waals surface area contributed by atoms with E-state index < -0.39 is 0 Å². The maximum atomic E-state index is 13.1. The van der Waals surface area contributed by atoms with Crippen LogP contribution in [0.2, 0.25) is 0 Å². The Kier molecular flexibility index (Phi) is 4.53. The number of likely N-dealkylation sites (tertiary alicyclic amines) is 1. The lowest BCUT2D eigenvalue weighted by Gasteiger charge is -2.34. The molecule has 0 spiro atoms. The normalized spacial score (nSPS) is 20.5. The van der Waals surface area contributed by atoms with Gasteiger partial charge in [0.25, 0.3) is 0 Å². The molecule has 0 unspecified atom stereocenters. The summed E-state index contributed by atoms with van der Waals surface area (Å²) in [4.78, 5) is 17.3. The van der Waals surface area contributed by atoms with Crippen LogP contribution >= 0.6 is 0 Å². The smallest absolute Gasteiger partial charge is 0.231 e. The van der Waals surface area contributed by atoms with Gasteiger partial charge in [0.15, 0.2) is 0 Å². The van der Waals surface area contributed by atoms with E-state index in [1.165, 1.54) is 17.7 Å². The monoisotopic (exact) mass is 338 g/mol. The van der Waals surface area contributed by atoms with Gasteiger partial charge in [0.05, 0.1) is 5.92 Å². The largest absolute Gasteiger partial charge is 0.312 e. The molecule has 2 aliphatic rings. The Morgan fingerprint density at radius 1 is 1.08 bits per heavy atom. The summed E-state index contributed by atoms with van der Waals surface area (Å²) in [5.74, 6) is 0.109. The van der Waals surface area contributed by atoms with E-state index in [1.54, 1.807) is 0 Å². The number of rotatable bonds is 3. The quantitative estimate of drug-likeness (QED) is 0.853. The molecular formula is C21H23FN2O. The van der Waals surface area contributed by atoms with Gasteiger partial charge in [-0.25, -0.2) is 4.39 Å². The van der Waals surface area contributed by atoms with Crippen molar-refractivity contribution in [2.75, 3.05) is 24.5 Å². The van der Waals surface area contributed by atoms with Crippen LogP contribution in [0.4, 0.5) is 10.1 Å². The summed E-state index contributed by atoms with van der Waals surface area (Å²) in [7, 11) is 0. The molecule has 1 atom stereocenters. The Morgan fingerprint density at radius 2 is 1.88 bits per heavy atom. The van der Waals surface area contributed by atoms with E-state index in [0.29, 0.717) is 0 Å². The summed E-state index contributed by atoms with van der Waals surface area (Å²) < 4.78 is 13.1. The van der Waals surface area contributed by atoms with E-state index in [4.69, 9.17) is 0 Å². The van der Waals surface area contributed by atoms with Crippen LogP contribution in [0.3, 0.4) is 0 Å². The first-order valence-electron chi connectivity index (χ1n) is 9.07. The topological polar surface area (TPSA) is 23.6 Å². The lowest BCUT2D eigenvalue weighted by Crippen LogP contribution is -2.44. The van der Waals surface area contributed by atoms with Crippen molar-refractivity contribution < 1.29 is 9.18 Å². The average Bonchev–Trinajstić information content (AvgIpc) is 3.07. The van der Waals surface area contributed by atoms with Gasteiger partial charge in [-0.05, 0) is 55.1 Å². The molecule has 4 heteroatoms. The van der Waals surface area contributed by atoms with Crippen molar-refractivity contribution in [3.63, 3.8) is 0 Å². The molecule has 0 saturated carbocycles. The number of hydrogen-bond acceptors (Lipinski definition) is 2. The van der Waals surface area contributed by atoms with Gasteiger partial charge < -0.3 is 4.90 Å². The second kappa shape index (κ2) is 6.96. The first-order valence-corrected chi connectivity index (χ1v) is 9.07. The Balaban J connectivity index is 1.43. The summed E-state index contributed by atoms with van der Waals surface area (Å²) in [6, 6.07) is 14.9. The fraction of sp³-hybridized carbons (Fsp3) is 0.381. The van der Waals surface area contributed by atoms with Crippen LogP contribution in [-0.4, -0.2) is 30.4 Å². The van der Waals surface area contributed by atoms with Gasteiger partial charge in [-0.15, -0.1) is 0 Å². The highest BCUT2D eigenvalue weighted by Gasteiger charge is 2.32. The molecule has 2 aromatic rings. The van der Waals surface area contributed by atoms with Gasteiger partial charge in [0, 0.05) is 25.3 Å². The summed E-state index contributed by atoms with van der Waals surface area (Å²) in [5, 5.41) is 0. The number of hydrogen-bond donors (Lipinski definition) is 0. The Morgan fingerprint density at radius 3 is 2.72 bits per heavy atom. The van der Waals surface area contributed by atoms with Crippen molar-refractivity contribution in [2.24, 2.45) is 5.92 Å². The molecular weight excluding hydrogens is 315 g/mol. The minimum Gasteiger partial charge on any atom is -0.312 e. The number of benzene rings is 2. The van der Waals surface area contributed by atoms with Crippen LogP contribution in [-0.2, 0) is 17.8 Å². The van der Waals surface area contributed by atoms with Crippen molar-refractivity contribution >= 4 is 11.6 Å². The first kappa shape index (κ1) is 16.3. The van der Waals surface area contributed by atoms with Gasteiger partial charge in [-0.1, -0.05) is 30.3 Å². The highest BCUT2D eigenvalue weighted by molar-refractivity contribution is 5.97. The summed E-state index contributed by atoms with van der Waals surface area (Å²) >= 11 is 0. The summed E-state index contributed by atoms with van der Waals surface area (Å²) in [6.07, 6.45) is 2.94. The molecule has 1 amide bonds. The zero-order valence-corrected chi connectivity index (χ0v) is 14.3. The molecule has 25 heavy (non-hydrogen) atoms. The lowest BCUT2D eigenvalue weighted by atomic mass is 9.96. The first-order chi connectivity index (χ1) is 12.2. The highest BCUT2D eigenvalue weighted by atomic mass is 19.1. The zero-order chi connectivity index (χ0) is 17.2. The molecule has 0 N–H and O–H groups in total. The van der Waals surface area contributed by atoms with Crippen LogP contribution in [0.25, 0.3) is 0 Å². The van der Waals surface area contributed by atoms with Gasteiger partial charge in [-0.2, -0.15) is 0 Å². The van der Waals surface area contributed by atoms with Gasteiger partial charge in [0.2, 0.25) is 5.91 Å². The van der Waals surface area contributed by atoms with Crippen molar-refractivity contribution in [3.8, 4) is 0 Å². The van der Waals surface area contributed by atoms with Gasteiger partial charge >= 0.3 is 0 Å². The second-order valence-electron chi connectivity index (χ2n) is 7.07. The number of fused-ring (bicyclic) bond motifs is 1. The minimum atomic E-state index is -0.205. The maximum absolute atomic E-state index is 13.1. The summed E-state index contributed by atoms with van der Waals surface area (Å²) in [6.45, 7) is 3.36. The number of halogens is 1. The highest BCUT2D eigenvalue weighted by Crippen LogP contribution is 2.30. The Hall–Kier alpha value is -2.20. The van der Waals surface area contributed by atoms with Crippen molar-refractivity contribution in [2.45, 2.75) is 25.8 Å². The van der Waals surface area contributed by atoms with E-state index in [0.717, 1.165) is 56.7 Å². The minimum absolute atomic E-state index is 0.0559. The maximum Gasteiger partial charge on any atom is 0.231 e. The van der Waals surface area contributed by atoms with E-state index >= 15 is 0 Å². The fourth-order valence-electron chi connectivity index (χ4n) is 4.04. The molecule has 0 bridgehead atoms. The standard InChI is InChI=1S/C21H23FN2O/c22-19-9-7-16(8-10-19)14-23-12-3-5-18(15-23)21(25)24-13-11-17-4-1-2-6-20(17)24/h1-2,4,6-10,18H,3,5,11-15H2/t18-/m1/s1. The summed E-state index contributed by atoms with van der Waals surface area (Å²) in [5.41, 5.74) is 3.46. The molecule has 1 fully saturated rings. The number of anilines is 1. The number of nitrogens with zero attached hydrogens (tertiary/aromatic N) is 2. The molecule has 4 rings (SSSR count). The Labute approximate surface area is 148 Å². The van der Waals surface area contributed by atoms with E-state index in [2.05, 4.69) is 17.0 Å². The zero-order valence-electron chi connectivity index (χ0n) is 14.3. The number of carbonyl (C=O) groups excluding carboxylic acids is 1. The van der Waals surface area contributed by atoms with E-state index in [-0.39, 0.29) is 17.6 Å². The van der Waals surface area contributed by atoms with Crippen LogP contribution < -0.4 is 4.90 Å². The lowest BCUT2D eigenvalue weighted by molar-refractivity contribution is -0.124. The third kappa shape index (κ3) is 3.45. The van der Waals surface area contributed by atoms with Crippen LogP contribution in [0.1, 0.15) is 24.0 Å². The molecule has 2 aliphatic heterocycles. The third-order valence-corrected chi connectivity index (χ3v) is 5.33. The average molecular weight is 338 g/mol. The SMILES string of the molecule is O=C([C@@H]1CCCN(Cc2ccc(F)cc2)C1)N1CCc2ccccc21. The molecule has 130 valence electrons. The molecule has 0 aromatic heterocycles. The predicted molar refractivity (Wildman–Crippen MR) is 96.9 cm³/mol. The number of piperidine rings is 1. The number of carbonyl (C=O) groups is 1. The fourth-order valence-corrected chi connectivity index (χ4v) is 4.04. The second-order valence-corrected chi connectivity index (χ2v) is 7.07. The van der Waals surface area contributed by atoms with Crippen LogP contribution in [0, 0.1) is 11.7 Å². The third-order valence-electron chi connectivity index (χ3n) is 5.33.